The van der Waals surface area contributed by atoms with Crippen LogP contribution in [0.5, 0.6) is 5.75 Å². The number of ether oxygens (including phenoxy) is 1. The van der Waals surface area contributed by atoms with Gasteiger partial charge in [-0.15, -0.1) is 0 Å². The molecule has 6 nitrogen and oxygen atoms in total. The number of likely N-dealkylation sites (tertiary alicyclic amines) is 1. The van der Waals surface area contributed by atoms with Crippen LogP contribution >= 0.6 is 11.3 Å². The third kappa shape index (κ3) is 4.40. The number of nitrogens with one attached hydrogen (secondary N) is 1. The number of aryl methyl sites for hydroxylation is 1. The van der Waals surface area contributed by atoms with Crippen molar-refractivity contribution in [3.63, 3.8) is 0 Å². The summed E-state index contributed by atoms with van der Waals surface area (Å²) in [5.41, 5.74) is 3.23. The SMILES string of the molecule is COc1ccc2nc(NC(=O)C3CC(=O)N(CCc4ccc(C)cc4)C3)sc2c1. The van der Waals surface area contributed by atoms with Crippen molar-refractivity contribution in [1.82, 2.24) is 9.88 Å². The molecule has 1 unspecified atom stereocenters. The highest BCUT2D eigenvalue weighted by atomic mass is 32.1. The number of hydrogen-bond donors (Lipinski definition) is 1. The summed E-state index contributed by atoms with van der Waals surface area (Å²) >= 11 is 1.40. The Kier molecular flexibility index (Phi) is 5.49. The van der Waals surface area contributed by atoms with Crippen molar-refractivity contribution in [2.75, 3.05) is 25.5 Å². The number of benzene rings is 2. The highest BCUT2D eigenvalue weighted by Crippen LogP contribution is 2.30. The predicted molar refractivity (Wildman–Crippen MR) is 114 cm³/mol. The maximum Gasteiger partial charge on any atom is 0.231 e. The first-order valence-electron chi connectivity index (χ1n) is 9.60. The van der Waals surface area contributed by atoms with E-state index < -0.39 is 0 Å². The molecule has 1 saturated heterocycles. The van der Waals surface area contributed by atoms with Crippen molar-refractivity contribution in [2.24, 2.45) is 5.92 Å². The Labute approximate surface area is 173 Å². The maximum absolute atomic E-state index is 12.7. The van der Waals surface area contributed by atoms with Gasteiger partial charge in [-0.1, -0.05) is 41.2 Å². The van der Waals surface area contributed by atoms with E-state index in [1.807, 2.05) is 18.2 Å². The normalized spacial score (nSPS) is 16.4. The average Bonchev–Trinajstić information content (AvgIpc) is 3.29. The van der Waals surface area contributed by atoms with Crippen molar-refractivity contribution in [2.45, 2.75) is 19.8 Å². The minimum absolute atomic E-state index is 0.0336. The second kappa shape index (κ2) is 8.21. The summed E-state index contributed by atoms with van der Waals surface area (Å²) in [4.78, 5) is 31.3. The molecule has 1 atom stereocenters. The molecule has 2 aromatic carbocycles. The first kappa shape index (κ1) is 19.4. The van der Waals surface area contributed by atoms with Crippen LogP contribution in [0.25, 0.3) is 10.2 Å². The number of nitrogens with zero attached hydrogens (tertiary/aromatic N) is 2. The number of hydrogen-bond acceptors (Lipinski definition) is 5. The van der Waals surface area contributed by atoms with Gasteiger partial charge in [-0.05, 0) is 37.1 Å². The molecule has 2 amide bonds. The Hall–Kier alpha value is -2.93. The van der Waals surface area contributed by atoms with Gasteiger partial charge in [0, 0.05) is 19.5 Å². The zero-order valence-electron chi connectivity index (χ0n) is 16.5. The molecule has 1 aliphatic heterocycles. The van der Waals surface area contributed by atoms with Gasteiger partial charge in [-0.2, -0.15) is 0 Å². The van der Waals surface area contributed by atoms with Crippen molar-refractivity contribution in [3.8, 4) is 5.75 Å². The van der Waals surface area contributed by atoms with E-state index >= 15 is 0 Å². The molecule has 4 rings (SSSR count). The number of fused-ring (bicyclic) bond motifs is 1. The van der Waals surface area contributed by atoms with Gasteiger partial charge in [0.1, 0.15) is 5.75 Å². The van der Waals surface area contributed by atoms with Gasteiger partial charge in [-0.3, -0.25) is 9.59 Å². The van der Waals surface area contributed by atoms with Gasteiger partial charge < -0.3 is 15.0 Å². The summed E-state index contributed by atoms with van der Waals surface area (Å²) in [5.74, 6) is 0.292. The summed E-state index contributed by atoms with van der Waals surface area (Å²) in [6.07, 6.45) is 1.04. The molecular weight excluding hydrogens is 386 g/mol. The fraction of sp³-hybridized carbons (Fsp3) is 0.318. The van der Waals surface area contributed by atoms with Crippen LogP contribution in [0.2, 0.25) is 0 Å². The number of carbonyl (C=O) groups excluding carboxylic acids is 2. The van der Waals surface area contributed by atoms with Crippen molar-refractivity contribution in [3.05, 3.63) is 53.6 Å². The lowest BCUT2D eigenvalue weighted by Gasteiger charge is -2.16. The van der Waals surface area contributed by atoms with E-state index in [4.69, 9.17) is 4.74 Å². The molecule has 0 saturated carbocycles. The molecule has 0 spiro atoms. The Balaban J connectivity index is 1.35. The highest BCUT2D eigenvalue weighted by molar-refractivity contribution is 7.22. The van der Waals surface area contributed by atoms with Crippen LogP contribution in [0.1, 0.15) is 17.5 Å². The molecule has 1 aromatic heterocycles. The maximum atomic E-state index is 12.7. The summed E-state index contributed by atoms with van der Waals surface area (Å²) in [7, 11) is 1.62. The number of carbonyl (C=O) groups is 2. The van der Waals surface area contributed by atoms with E-state index in [0.29, 0.717) is 18.2 Å². The third-order valence-corrected chi connectivity index (χ3v) is 6.14. The monoisotopic (exact) mass is 409 g/mol. The summed E-state index contributed by atoms with van der Waals surface area (Å²) in [6.45, 7) is 3.14. The highest BCUT2D eigenvalue weighted by Gasteiger charge is 2.34. The van der Waals surface area contributed by atoms with Gasteiger partial charge in [-0.25, -0.2) is 4.98 Å². The molecule has 0 bridgehead atoms. The second-order valence-corrected chi connectivity index (χ2v) is 8.35. The van der Waals surface area contributed by atoms with Gasteiger partial charge in [0.05, 0.1) is 23.2 Å². The number of thiazole rings is 1. The Bertz CT molecular complexity index is 1050. The fourth-order valence-electron chi connectivity index (χ4n) is 3.48. The molecule has 3 aromatic rings. The molecular formula is C22H23N3O3S. The lowest BCUT2D eigenvalue weighted by molar-refractivity contribution is -0.128. The number of amides is 2. The Morgan fingerprint density at radius 2 is 2.07 bits per heavy atom. The van der Waals surface area contributed by atoms with Crippen molar-refractivity contribution >= 4 is 38.5 Å². The first-order valence-corrected chi connectivity index (χ1v) is 10.4. The molecule has 2 heterocycles. The number of methoxy groups -OCH3 is 1. The summed E-state index contributed by atoms with van der Waals surface area (Å²) in [6, 6.07) is 13.9. The lowest BCUT2D eigenvalue weighted by Crippen LogP contribution is -2.30. The molecule has 1 fully saturated rings. The fourth-order valence-corrected chi connectivity index (χ4v) is 4.37. The second-order valence-electron chi connectivity index (χ2n) is 7.32. The molecule has 150 valence electrons. The molecule has 1 N–H and O–H groups in total. The van der Waals surface area contributed by atoms with Crippen LogP contribution < -0.4 is 10.1 Å². The van der Waals surface area contributed by atoms with Gasteiger partial charge in [0.2, 0.25) is 11.8 Å². The molecule has 1 aliphatic rings. The quantitative estimate of drug-likeness (QED) is 0.675. The van der Waals surface area contributed by atoms with E-state index in [0.717, 1.165) is 22.4 Å². The van der Waals surface area contributed by atoms with Crippen LogP contribution in [0.3, 0.4) is 0 Å². The van der Waals surface area contributed by atoms with Crippen molar-refractivity contribution in [1.29, 1.82) is 0 Å². The molecule has 0 radical (unpaired) electrons. The van der Waals surface area contributed by atoms with Gasteiger partial charge in [0.15, 0.2) is 5.13 Å². The number of aromatic nitrogens is 1. The minimum atomic E-state index is -0.345. The molecule has 29 heavy (non-hydrogen) atoms. The minimum Gasteiger partial charge on any atom is -0.497 e. The first-order chi connectivity index (χ1) is 14.0. The van der Waals surface area contributed by atoms with Crippen LogP contribution in [0.4, 0.5) is 5.13 Å². The zero-order valence-corrected chi connectivity index (χ0v) is 17.3. The van der Waals surface area contributed by atoms with Gasteiger partial charge in [0.25, 0.3) is 0 Å². The van der Waals surface area contributed by atoms with Crippen LogP contribution in [-0.2, 0) is 16.0 Å². The largest absolute Gasteiger partial charge is 0.497 e. The van der Waals surface area contributed by atoms with Crippen LogP contribution in [0.15, 0.2) is 42.5 Å². The molecule has 0 aliphatic carbocycles. The third-order valence-electron chi connectivity index (χ3n) is 5.20. The Morgan fingerprint density at radius 3 is 2.83 bits per heavy atom. The van der Waals surface area contributed by atoms with E-state index in [-0.39, 0.29) is 24.2 Å². The average molecular weight is 410 g/mol. The van der Waals surface area contributed by atoms with E-state index in [2.05, 4.69) is 41.5 Å². The van der Waals surface area contributed by atoms with E-state index in [1.165, 1.54) is 22.5 Å². The lowest BCUT2D eigenvalue weighted by atomic mass is 10.1. The van der Waals surface area contributed by atoms with Crippen LogP contribution in [0, 0.1) is 12.8 Å². The molecule has 7 heteroatoms. The van der Waals surface area contributed by atoms with Gasteiger partial charge >= 0.3 is 0 Å². The predicted octanol–water partition coefficient (Wildman–Crippen LogP) is 3.64. The topological polar surface area (TPSA) is 71.5 Å². The van der Waals surface area contributed by atoms with Crippen molar-refractivity contribution < 1.29 is 14.3 Å². The Morgan fingerprint density at radius 1 is 1.28 bits per heavy atom. The van der Waals surface area contributed by atoms with E-state index in [1.54, 1.807) is 12.0 Å². The smallest absolute Gasteiger partial charge is 0.231 e. The number of rotatable bonds is 6. The standard InChI is InChI=1S/C22H23N3O3S/c1-14-3-5-15(6-4-14)9-10-25-13-16(11-20(25)26)21(27)24-22-23-18-8-7-17(28-2)12-19(18)29-22/h3-8,12,16H,9-11,13H2,1-2H3,(H,23,24,27). The zero-order chi connectivity index (χ0) is 20.4. The van der Waals surface area contributed by atoms with E-state index in [9.17, 15) is 9.59 Å². The summed E-state index contributed by atoms with van der Waals surface area (Å²) < 4.78 is 6.17. The van der Waals surface area contributed by atoms with Crippen LogP contribution in [-0.4, -0.2) is 41.9 Å². The summed E-state index contributed by atoms with van der Waals surface area (Å²) in [5, 5.41) is 3.43. The number of anilines is 1.